The van der Waals surface area contributed by atoms with Gasteiger partial charge in [-0.3, -0.25) is 4.79 Å². The van der Waals surface area contributed by atoms with E-state index in [0.29, 0.717) is 43.3 Å². The van der Waals surface area contributed by atoms with Gasteiger partial charge in [-0.2, -0.15) is 4.31 Å². The molecule has 1 aliphatic rings. The van der Waals surface area contributed by atoms with E-state index < -0.39 is 10.0 Å². The Balaban J connectivity index is 1.51. The van der Waals surface area contributed by atoms with Crippen LogP contribution in [-0.2, 0) is 21.4 Å². The van der Waals surface area contributed by atoms with Crippen LogP contribution >= 0.6 is 0 Å². The molecule has 144 valence electrons. The molecule has 7 nitrogen and oxygen atoms in total. The van der Waals surface area contributed by atoms with Crippen molar-refractivity contribution < 1.29 is 17.9 Å². The van der Waals surface area contributed by atoms with Gasteiger partial charge in [0.1, 0.15) is 0 Å². The van der Waals surface area contributed by atoms with Crippen molar-refractivity contribution in [1.29, 1.82) is 0 Å². The summed E-state index contributed by atoms with van der Waals surface area (Å²) < 4.78 is 31.7. The molecule has 1 amide bonds. The van der Waals surface area contributed by atoms with Gasteiger partial charge in [0, 0.05) is 37.8 Å². The van der Waals surface area contributed by atoms with Crippen LogP contribution in [0.1, 0.15) is 18.4 Å². The minimum absolute atomic E-state index is 0.0532. The Morgan fingerprint density at radius 3 is 2.48 bits per heavy atom. The first-order valence-electron chi connectivity index (χ1n) is 8.82. The minimum atomic E-state index is -3.49. The summed E-state index contributed by atoms with van der Waals surface area (Å²) >= 11 is 0. The van der Waals surface area contributed by atoms with Crippen molar-refractivity contribution >= 4 is 15.9 Å². The van der Waals surface area contributed by atoms with Crippen LogP contribution in [0.4, 0.5) is 0 Å². The van der Waals surface area contributed by atoms with E-state index in [9.17, 15) is 13.2 Å². The number of hydrogen-bond donors (Lipinski definition) is 1. The standard InChI is InChI=1S/C19H23N3O4S/c1-26-18-8-7-15(13-20-18)14-21-19(23)16-9-11-22(12-10-16)27(24,25)17-5-3-2-4-6-17/h2-8,13,16H,9-12,14H2,1H3,(H,21,23). The molecule has 1 aromatic carbocycles. The summed E-state index contributed by atoms with van der Waals surface area (Å²) in [6.07, 6.45) is 2.69. The maximum atomic E-state index is 12.6. The maximum Gasteiger partial charge on any atom is 0.243 e. The zero-order valence-corrected chi connectivity index (χ0v) is 16.0. The molecule has 1 aliphatic heterocycles. The van der Waals surface area contributed by atoms with E-state index in [0.717, 1.165) is 5.56 Å². The second kappa shape index (κ2) is 8.49. The summed E-state index contributed by atoms with van der Waals surface area (Å²) in [5.74, 6) is 0.290. The van der Waals surface area contributed by atoms with Crippen LogP contribution in [0.15, 0.2) is 53.6 Å². The van der Waals surface area contributed by atoms with E-state index in [1.54, 1.807) is 49.7 Å². The molecule has 1 N–H and O–H groups in total. The van der Waals surface area contributed by atoms with Gasteiger partial charge in [0.2, 0.25) is 21.8 Å². The Labute approximate surface area is 159 Å². The highest BCUT2D eigenvalue weighted by Gasteiger charge is 2.31. The molecular formula is C19H23N3O4S. The molecular weight excluding hydrogens is 366 g/mol. The minimum Gasteiger partial charge on any atom is -0.481 e. The molecule has 8 heteroatoms. The van der Waals surface area contributed by atoms with Crippen LogP contribution in [0.25, 0.3) is 0 Å². The van der Waals surface area contributed by atoms with E-state index in [1.165, 1.54) is 4.31 Å². The molecule has 1 saturated heterocycles. The summed E-state index contributed by atoms with van der Waals surface area (Å²) in [6.45, 7) is 1.08. The lowest BCUT2D eigenvalue weighted by atomic mass is 9.97. The number of carbonyl (C=O) groups is 1. The molecule has 2 aromatic rings. The highest BCUT2D eigenvalue weighted by molar-refractivity contribution is 7.89. The Morgan fingerprint density at radius 1 is 1.19 bits per heavy atom. The Hall–Kier alpha value is -2.45. The number of ether oxygens (including phenoxy) is 1. The molecule has 0 bridgehead atoms. The SMILES string of the molecule is COc1ccc(CNC(=O)C2CCN(S(=O)(=O)c3ccccc3)CC2)cn1. The monoisotopic (exact) mass is 389 g/mol. The van der Waals surface area contributed by atoms with Gasteiger partial charge in [-0.05, 0) is 30.5 Å². The predicted molar refractivity (Wildman–Crippen MR) is 101 cm³/mol. The van der Waals surface area contributed by atoms with Crippen LogP contribution in [-0.4, -0.2) is 43.8 Å². The second-order valence-electron chi connectivity index (χ2n) is 6.42. The Bertz CT molecular complexity index is 862. The Morgan fingerprint density at radius 2 is 1.89 bits per heavy atom. The predicted octanol–water partition coefficient (Wildman–Crippen LogP) is 1.81. The van der Waals surface area contributed by atoms with Crippen molar-refractivity contribution in [3.8, 4) is 5.88 Å². The number of sulfonamides is 1. The fourth-order valence-corrected chi connectivity index (χ4v) is 4.56. The molecule has 0 radical (unpaired) electrons. The number of rotatable bonds is 6. The average Bonchev–Trinajstić information content (AvgIpc) is 2.73. The van der Waals surface area contributed by atoms with Gasteiger partial charge in [-0.25, -0.2) is 13.4 Å². The first-order chi connectivity index (χ1) is 13.0. The molecule has 2 heterocycles. The highest BCUT2D eigenvalue weighted by atomic mass is 32.2. The van der Waals surface area contributed by atoms with Crippen molar-refractivity contribution in [3.63, 3.8) is 0 Å². The van der Waals surface area contributed by atoms with Crippen molar-refractivity contribution in [2.75, 3.05) is 20.2 Å². The van der Waals surface area contributed by atoms with E-state index in [1.807, 2.05) is 6.07 Å². The van der Waals surface area contributed by atoms with Crippen LogP contribution in [0.3, 0.4) is 0 Å². The zero-order valence-electron chi connectivity index (χ0n) is 15.2. The summed E-state index contributed by atoms with van der Waals surface area (Å²) in [5.41, 5.74) is 0.883. The van der Waals surface area contributed by atoms with Gasteiger partial charge in [0.05, 0.1) is 12.0 Å². The first kappa shape index (κ1) is 19.3. The number of nitrogens with zero attached hydrogens (tertiary/aromatic N) is 2. The molecule has 0 aliphatic carbocycles. The van der Waals surface area contributed by atoms with Crippen LogP contribution in [0.5, 0.6) is 5.88 Å². The summed E-state index contributed by atoms with van der Waals surface area (Å²) in [5, 5.41) is 2.90. The Kier molecular flexibility index (Phi) is 6.08. The van der Waals surface area contributed by atoms with Crippen LogP contribution in [0.2, 0.25) is 0 Å². The van der Waals surface area contributed by atoms with Gasteiger partial charge >= 0.3 is 0 Å². The number of nitrogens with one attached hydrogen (secondary N) is 1. The fraction of sp³-hybridized carbons (Fsp3) is 0.368. The van der Waals surface area contributed by atoms with Gasteiger partial charge in [-0.1, -0.05) is 24.3 Å². The number of benzene rings is 1. The van der Waals surface area contributed by atoms with Crippen molar-refractivity contribution in [1.82, 2.24) is 14.6 Å². The number of aromatic nitrogens is 1. The van der Waals surface area contributed by atoms with Crippen LogP contribution < -0.4 is 10.1 Å². The number of carbonyl (C=O) groups excluding carboxylic acids is 1. The number of piperidine rings is 1. The molecule has 0 spiro atoms. The molecule has 0 atom stereocenters. The average molecular weight is 389 g/mol. The lowest BCUT2D eigenvalue weighted by Gasteiger charge is -2.30. The van der Waals surface area contributed by atoms with Gasteiger partial charge in [0.15, 0.2) is 0 Å². The topological polar surface area (TPSA) is 88.6 Å². The third-order valence-corrected chi connectivity index (χ3v) is 6.59. The summed E-state index contributed by atoms with van der Waals surface area (Å²) in [4.78, 5) is 16.8. The lowest BCUT2D eigenvalue weighted by molar-refractivity contribution is -0.126. The molecule has 1 fully saturated rings. The van der Waals surface area contributed by atoms with E-state index in [2.05, 4.69) is 10.3 Å². The zero-order chi connectivity index (χ0) is 19.3. The quantitative estimate of drug-likeness (QED) is 0.814. The highest BCUT2D eigenvalue weighted by Crippen LogP contribution is 2.24. The molecule has 3 rings (SSSR count). The first-order valence-corrected chi connectivity index (χ1v) is 10.3. The normalized spacial score (nSPS) is 16.0. The fourth-order valence-electron chi connectivity index (χ4n) is 3.07. The second-order valence-corrected chi connectivity index (χ2v) is 8.36. The van der Waals surface area contributed by atoms with Gasteiger partial charge < -0.3 is 10.1 Å². The van der Waals surface area contributed by atoms with Crippen molar-refractivity contribution in [2.45, 2.75) is 24.3 Å². The number of hydrogen-bond acceptors (Lipinski definition) is 5. The van der Waals surface area contributed by atoms with Crippen LogP contribution in [0, 0.1) is 5.92 Å². The van der Waals surface area contributed by atoms with Crippen molar-refractivity contribution in [3.05, 3.63) is 54.2 Å². The number of methoxy groups -OCH3 is 1. The maximum absolute atomic E-state index is 12.6. The van der Waals surface area contributed by atoms with Crippen molar-refractivity contribution in [2.24, 2.45) is 5.92 Å². The van der Waals surface area contributed by atoms with E-state index >= 15 is 0 Å². The number of pyridine rings is 1. The molecule has 0 saturated carbocycles. The van der Waals surface area contributed by atoms with E-state index in [-0.39, 0.29) is 11.8 Å². The third-order valence-electron chi connectivity index (χ3n) is 4.68. The van der Waals surface area contributed by atoms with Gasteiger partial charge in [-0.15, -0.1) is 0 Å². The molecule has 27 heavy (non-hydrogen) atoms. The van der Waals surface area contributed by atoms with E-state index in [4.69, 9.17) is 4.74 Å². The lowest BCUT2D eigenvalue weighted by Crippen LogP contribution is -2.42. The number of amides is 1. The van der Waals surface area contributed by atoms with Gasteiger partial charge in [0.25, 0.3) is 0 Å². The largest absolute Gasteiger partial charge is 0.481 e. The third kappa shape index (κ3) is 4.64. The smallest absolute Gasteiger partial charge is 0.243 e. The summed E-state index contributed by atoms with van der Waals surface area (Å²) in [6, 6.07) is 12.0. The molecule has 0 unspecified atom stereocenters. The summed E-state index contributed by atoms with van der Waals surface area (Å²) in [7, 11) is -1.94. The molecule has 1 aromatic heterocycles.